The molecule has 2 aromatic carbocycles. The fourth-order valence-corrected chi connectivity index (χ4v) is 6.39. The van der Waals surface area contributed by atoms with Crippen molar-refractivity contribution in [1.29, 1.82) is 0 Å². The molecule has 1 spiro atoms. The number of amides is 1. The van der Waals surface area contributed by atoms with Gasteiger partial charge in [0.1, 0.15) is 0 Å². The molecule has 3 aliphatic rings. The Hall–Kier alpha value is -2.85. The fraction of sp³-hybridized carbons (Fsp3) is 0.333. The van der Waals surface area contributed by atoms with Crippen LogP contribution < -0.4 is 4.90 Å². The molecule has 4 nitrogen and oxygen atoms in total. The van der Waals surface area contributed by atoms with E-state index in [1.807, 2.05) is 35.2 Å². The van der Waals surface area contributed by atoms with Gasteiger partial charge in [0.25, 0.3) is 0 Å². The number of anilines is 1. The summed E-state index contributed by atoms with van der Waals surface area (Å²) in [4.78, 5) is 27.4. The highest BCUT2D eigenvalue weighted by Crippen LogP contribution is 2.76. The maximum absolute atomic E-state index is 14.1. The number of fused-ring (bicyclic) bond motifs is 2. The summed E-state index contributed by atoms with van der Waals surface area (Å²) >= 11 is 6.20. The number of nitrogens with zero attached hydrogens (tertiary/aromatic N) is 1. The first kappa shape index (κ1) is 21.0. The zero-order valence-corrected chi connectivity index (χ0v) is 19.0. The molecule has 0 radical (unpaired) electrons. The number of benzene rings is 2. The number of hydrogen-bond acceptors (Lipinski definition) is 2. The molecule has 1 amide bonds. The maximum Gasteiger partial charge on any atom is 0.335 e. The van der Waals surface area contributed by atoms with Gasteiger partial charge in [-0.15, -0.1) is 0 Å². The number of allylic oxidation sites excluding steroid dienone is 4. The summed E-state index contributed by atoms with van der Waals surface area (Å²) in [5, 5.41) is 10.1. The van der Waals surface area contributed by atoms with Crippen molar-refractivity contribution < 1.29 is 14.7 Å². The predicted molar refractivity (Wildman–Crippen MR) is 126 cm³/mol. The molecule has 0 aromatic heterocycles. The smallest absolute Gasteiger partial charge is 0.335 e. The van der Waals surface area contributed by atoms with Gasteiger partial charge >= 0.3 is 5.97 Å². The van der Waals surface area contributed by atoms with E-state index in [1.165, 1.54) is 0 Å². The molecule has 1 saturated carbocycles. The number of carbonyl (C=O) groups excluding carboxylic acids is 1. The second kappa shape index (κ2) is 7.35. The van der Waals surface area contributed by atoms with E-state index >= 15 is 0 Å². The zero-order chi connectivity index (χ0) is 22.7. The number of rotatable bonds is 5. The van der Waals surface area contributed by atoms with Gasteiger partial charge in [-0.3, -0.25) is 4.79 Å². The van der Waals surface area contributed by atoms with Crippen LogP contribution in [0.4, 0.5) is 5.69 Å². The van der Waals surface area contributed by atoms with Crippen LogP contribution in [0.3, 0.4) is 0 Å². The molecule has 1 fully saturated rings. The molecule has 5 rings (SSSR count). The van der Waals surface area contributed by atoms with Crippen LogP contribution in [0.1, 0.15) is 48.2 Å². The maximum atomic E-state index is 14.1. The van der Waals surface area contributed by atoms with Crippen molar-refractivity contribution in [2.75, 3.05) is 4.90 Å². The minimum Gasteiger partial charge on any atom is -0.478 e. The number of para-hydroxylation sites is 1. The average molecular weight is 448 g/mol. The van der Waals surface area contributed by atoms with E-state index in [4.69, 9.17) is 11.6 Å². The lowest BCUT2D eigenvalue weighted by molar-refractivity contribution is -0.121. The normalized spacial score (nSPS) is 28.2. The highest BCUT2D eigenvalue weighted by Gasteiger charge is 2.78. The molecular weight excluding hydrogens is 422 g/mol. The van der Waals surface area contributed by atoms with E-state index in [-0.39, 0.29) is 22.8 Å². The molecular formula is C27H26ClNO3. The van der Waals surface area contributed by atoms with Crippen molar-refractivity contribution in [2.45, 2.75) is 38.6 Å². The van der Waals surface area contributed by atoms with Crippen LogP contribution in [0.2, 0.25) is 0 Å². The number of halogens is 1. The second-order valence-electron chi connectivity index (χ2n) is 9.48. The molecule has 0 saturated heterocycles. The number of aromatic carboxylic acids is 1. The first-order valence-electron chi connectivity index (χ1n) is 11.1. The topological polar surface area (TPSA) is 57.6 Å². The molecule has 5 heteroatoms. The average Bonchev–Trinajstić information content (AvgIpc) is 3.45. The van der Waals surface area contributed by atoms with Crippen molar-refractivity contribution >= 4 is 29.2 Å². The molecule has 164 valence electrons. The molecule has 1 heterocycles. The van der Waals surface area contributed by atoms with Gasteiger partial charge in [-0.1, -0.05) is 67.9 Å². The lowest BCUT2D eigenvalue weighted by atomic mass is 9.70. The van der Waals surface area contributed by atoms with Gasteiger partial charge in [-0.25, -0.2) is 4.79 Å². The lowest BCUT2D eigenvalue weighted by Crippen LogP contribution is -2.39. The van der Waals surface area contributed by atoms with Crippen LogP contribution in [0, 0.1) is 17.3 Å². The lowest BCUT2D eigenvalue weighted by Gasteiger charge is -2.33. The molecule has 1 aliphatic heterocycles. The Labute approximate surface area is 193 Å². The molecule has 0 bridgehead atoms. The Morgan fingerprint density at radius 2 is 2.00 bits per heavy atom. The number of carboxylic acid groups (broad SMARTS) is 1. The Kier molecular flexibility index (Phi) is 4.82. The van der Waals surface area contributed by atoms with Gasteiger partial charge in [0.2, 0.25) is 5.91 Å². The summed E-state index contributed by atoms with van der Waals surface area (Å²) in [5.74, 6) is -0.275. The molecule has 2 aliphatic carbocycles. The van der Waals surface area contributed by atoms with Crippen LogP contribution in [0.25, 0.3) is 0 Å². The molecule has 1 unspecified atom stereocenters. The summed E-state index contributed by atoms with van der Waals surface area (Å²) in [7, 11) is 0. The summed E-state index contributed by atoms with van der Waals surface area (Å²) in [6.07, 6.45) is 7.87. The highest BCUT2D eigenvalue weighted by atomic mass is 35.5. The minimum absolute atomic E-state index is 0.127. The second-order valence-corrected chi connectivity index (χ2v) is 9.92. The zero-order valence-electron chi connectivity index (χ0n) is 18.2. The quantitative estimate of drug-likeness (QED) is 0.619. The summed E-state index contributed by atoms with van der Waals surface area (Å²) < 4.78 is 0. The Balaban J connectivity index is 1.56. The minimum atomic E-state index is -0.965. The third-order valence-electron chi connectivity index (χ3n) is 7.75. The first-order chi connectivity index (χ1) is 15.3. The standard InChI is InChI=1S/C27H26ClNO3/c1-17(2)26(20-10-12-21(28)13-11-20)16-27(26)22-8-3-4-9-23(22)29(25(27)32)15-18-6-5-7-19(14-18)24(30)31/h3-10,12-14,17,20H,11,15-16H2,1-2H3,(H,30,31)/t20?,26-,27-/m1/s1. The van der Waals surface area contributed by atoms with E-state index in [0.717, 1.165) is 34.7 Å². The van der Waals surface area contributed by atoms with Crippen LogP contribution in [0.15, 0.2) is 71.8 Å². The Morgan fingerprint density at radius 3 is 2.69 bits per heavy atom. The molecule has 2 aromatic rings. The molecule has 32 heavy (non-hydrogen) atoms. The summed E-state index contributed by atoms with van der Waals surface area (Å²) in [6, 6.07) is 14.9. The van der Waals surface area contributed by atoms with E-state index in [1.54, 1.807) is 18.2 Å². The van der Waals surface area contributed by atoms with Gasteiger partial charge in [0.15, 0.2) is 0 Å². The SMILES string of the molecule is CC(C)[C@@]1(C2C=CC(Cl)=CC2)C[C@@]12C(=O)N(Cc1cccc(C(=O)O)c1)c1ccccc12. The van der Waals surface area contributed by atoms with Gasteiger partial charge in [-0.05, 0) is 65.5 Å². The largest absolute Gasteiger partial charge is 0.478 e. The fourth-order valence-electron chi connectivity index (χ4n) is 6.23. The number of hydrogen-bond donors (Lipinski definition) is 1. The Bertz CT molecular complexity index is 1180. The van der Waals surface area contributed by atoms with Crippen LogP contribution in [-0.2, 0) is 16.8 Å². The van der Waals surface area contributed by atoms with Crippen LogP contribution >= 0.6 is 11.6 Å². The number of carbonyl (C=O) groups is 2. The third kappa shape index (κ3) is 2.82. The third-order valence-corrected chi connectivity index (χ3v) is 8.03. The van der Waals surface area contributed by atoms with Crippen LogP contribution in [0.5, 0.6) is 0 Å². The van der Waals surface area contributed by atoms with E-state index in [9.17, 15) is 14.7 Å². The van der Waals surface area contributed by atoms with E-state index < -0.39 is 11.4 Å². The van der Waals surface area contributed by atoms with Crippen molar-refractivity contribution in [2.24, 2.45) is 17.3 Å². The van der Waals surface area contributed by atoms with Gasteiger partial charge in [-0.2, -0.15) is 0 Å². The monoisotopic (exact) mass is 447 g/mol. The van der Waals surface area contributed by atoms with Gasteiger partial charge < -0.3 is 10.0 Å². The number of carboxylic acids is 1. The Morgan fingerprint density at radius 1 is 1.22 bits per heavy atom. The van der Waals surface area contributed by atoms with Crippen molar-refractivity contribution in [3.63, 3.8) is 0 Å². The van der Waals surface area contributed by atoms with E-state index in [0.29, 0.717) is 12.5 Å². The highest BCUT2D eigenvalue weighted by molar-refractivity contribution is 6.31. The molecule has 3 atom stereocenters. The van der Waals surface area contributed by atoms with E-state index in [2.05, 4.69) is 32.1 Å². The first-order valence-corrected chi connectivity index (χ1v) is 11.5. The van der Waals surface area contributed by atoms with Crippen molar-refractivity contribution in [3.8, 4) is 0 Å². The molecule has 1 N–H and O–H groups in total. The summed E-state index contributed by atoms with van der Waals surface area (Å²) in [5.41, 5.74) is 2.37. The predicted octanol–water partition coefficient (Wildman–Crippen LogP) is 5.91. The van der Waals surface area contributed by atoms with Gasteiger partial charge in [0.05, 0.1) is 17.5 Å². The van der Waals surface area contributed by atoms with Crippen molar-refractivity contribution in [3.05, 3.63) is 88.5 Å². The summed E-state index contributed by atoms with van der Waals surface area (Å²) in [6.45, 7) is 4.80. The van der Waals surface area contributed by atoms with Crippen molar-refractivity contribution in [1.82, 2.24) is 0 Å². The van der Waals surface area contributed by atoms with Crippen LogP contribution in [-0.4, -0.2) is 17.0 Å². The van der Waals surface area contributed by atoms with Gasteiger partial charge in [0, 0.05) is 10.7 Å².